The van der Waals surface area contributed by atoms with Crippen molar-refractivity contribution < 1.29 is 5.11 Å². The number of rotatable bonds is 2. The largest absolute Gasteiger partial charge is 0.389 e. The molecule has 0 aromatic heterocycles. The predicted octanol–water partition coefficient (Wildman–Crippen LogP) is 3.33. The van der Waals surface area contributed by atoms with E-state index in [4.69, 9.17) is 0 Å². The molecule has 1 unspecified atom stereocenters. The Labute approximate surface area is 93.1 Å². The van der Waals surface area contributed by atoms with E-state index in [0.29, 0.717) is 6.42 Å². The van der Waals surface area contributed by atoms with Crippen molar-refractivity contribution in [1.82, 2.24) is 0 Å². The highest BCUT2D eigenvalue weighted by atomic mass is 16.3. The van der Waals surface area contributed by atoms with Gasteiger partial charge in [-0.15, -0.1) is 0 Å². The van der Waals surface area contributed by atoms with Gasteiger partial charge < -0.3 is 5.11 Å². The highest BCUT2D eigenvalue weighted by molar-refractivity contribution is 5.24. The monoisotopic (exact) mass is 206 g/mol. The van der Waals surface area contributed by atoms with Gasteiger partial charge in [-0.3, -0.25) is 0 Å². The molecule has 0 heterocycles. The molecule has 0 aliphatic rings. The molecular formula is C14H22O. The van der Waals surface area contributed by atoms with Crippen molar-refractivity contribution in [1.29, 1.82) is 0 Å². The minimum atomic E-state index is -0.666. The molecule has 0 aliphatic carbocycles. The summed E-state index contributed by atoms with van der Waals surface area (Å²) in [5.74, 6) is 0. The van der Waals surface area contributed by atoms with Crippen molar-refractivity contribution in [2.24, 2.45) is 5.41 Å². The average Bonchev–Trinajstić information content (AvgIpc) is 2.00. The predicted molar refractivity (Wildman–Crippen MR) is 65.0 cm³/mol. The smallest absolute Gasteiger partial charge is 0.0707 e. The van der Waals surface area contributed by atoms with Crippen LogP contribution in [0, 0.1) is 12.3 Å². The molecule has 0 amide bonds. The van der Waals surface area contributed by atoms with Crippen LogP contribution in [0.1, 0.15) is 38.8 Å². The van der Waals surface area contributed by atoms with E-state index in [1.807, 2.05) is 13.0 Å². The quantitative estimate of drug-likeness (QED) is 0.787. The zero-order valence-electron chi connectivity index (χ0n) is 10.5. The summed E-state index contributed by atoms with van der Waals surface area (Å²) in [7, 11) is 0. The number of aryl methyl sites for hydroxylation is 1. The summed E-state index contributed by atoms with van der Waals surface area (Å²) in [5.41, 5.74) is 1.68. The SMILES string of the molecule is Cc1cccc(CC(C)(O)C(C)(C)C)c1. The van der Waals surface area contributed by atoms with Gasteiger partial charge in [-0.2, -0.15) is 0 Å². The van der Waals surface area contributed by atoms with Gasteiger partial charge in [0.2, 0.25) is 0 Å². The van der Waals surface area contributed by atoms with Gasteiger partial charge in [0.15, 0.2) is 0 Å². The Balaban J connectivity index is 2.87. The standard InChI is InChI=1S/C14H22O/c1-11-7-6-8-12(9-11)10-14(5,15)13(2,3)4/h6-9,15H,10H2,1-5H3. The third-order valence-corrected chi connectivity index (χ3v) is 3.25. The molecule has 0 saturated carbocycles. The molecule has 1 heteroatoms. The first-order chi connectivity index (χ1) is 6.72. The number of aliphatic hydroxyl groups is 1. The third-order valence-electron chi connectivity index (χ3n) is 3.25. The number of hydrogen-bond acceptors (Lipinski definition) is 1. The first-order valence-electron chi connectivity index (χ1n) is 5.50. The van der Waals surface area contributed by atoms with E-state index < -0.39 is 5.60 Å². The first-order valence-corrected chi connectivity index (χ1v) is 5.50. The summed E-state index contributed by atoms with van der Waals surface area (Å²) in [5, 5.41) is 10.4. The second-order valence-electron chi connectivity index (χ2n) is 5.69. The second kappa shape index (κ2) is 3.97. The van der Waals surface area contributed by atoms with Crippen LogP contribution in [0.2, 0.25) is 0 Å². The van der Waals surface area contributed by atoms with Gasteiger partial charge >= 0.3 is 0 Å². The van der Waals surface area contributed by atoms with Gasteiger partial charge in [-0.05, 0) is 24.8 Å². The summed E-state index contributed by atoms with van der Waals surface area (Å²) >= 11 is 0. The van der Waals surface area contributed by atoms with Crippen LogP contribution in [0.4, 0.5) is 0 Å². The fraction of sp³-hybridized carbons (Fsp3) is 0.571. The topological polar surface area (TPSA) is 20.2 Å². The molecule has 0 spiro atoms. The summed E-state index contributed by atoms with van der Waals surface area (Å²) in [6.45, 7) is 10.2. The maximum Gasteiger partial charge on any atom is 0.0707 e. The number of hydrogen-bond donors (Lipinski definition) is 1. The van der Waals surface area contributed by atoms with Crippen molar-refractivity contribution in [2.45, 2.75) is 46.6 Å². The molecule has 0 saturated heterocycles. The Morgan fingerprint density at radius 3 is 2.20 bits per heavy atom. The maximum absolute atomic E-state index is 10.4. The van der Waals surface area contributed by atoms with Gasteiger partial charge in [-0.25, -0.2) is 0 Å². The van der Waals surface area contributed by atoms with E-state index in [2.05, 4.69) is 45.9 Å². The van der Waals surface area contributed by atoms with Crippen molar-refractivity contribution in [2.75, 3.05) is 0 Å². The Bertz CT molecular complexity index is 331. The molecular weight excluding hydrogens is 184 g/mol. The van der Waals surface area contributed by atoms with Crippen LogP contribution >= 0.6 is 0 Å². The Kier molecular flexibility index (Phi) is 3.25. The Hall–Kier alpha value is -0.820. The summed E-state index contributed by atoms with van der Waals surface area (Å²) in [6, 6.07) is 8.34. The van der Waals surface area contributed by atoms with Gasteiger partial charge in [0.05, 0.1) is 5.60 Å². The van der Waals surface area contributed by atoms with Crippen molar-refractivity contribution >= 4 is 0 Å². The van der Waals surface area contributed by atoms with Crippen LogP contribution in [-0.2, 0) is 6.42 Å². The second-order valence-corrected chi connectivity index (χ2v) is 5.69. The van der Waals surface area contributed by atoms with Crippen LogP contribution in [0.3, 0.4) is 0 Å². The lowest BCUT2D eigenvalue weighted by atomic mass is 9.74. The van der Waals surface area contributed by atoms with E-state index in [1.54, 1.807) is 0 Å². The van der Waals surface area contributed by atoms with Crippen LogP contribution in [0.25, 0.3) is 0 Å². The molecule has 0 bridgehead atoms. The molecule has 0 radical (unpaired) electrons. The van der Waals surface area contributed by atoms with Gasteiger partial charge in [0.25, 0.3) is 0 Å². The third kappa shape index (κ3) is 3.07. The van der Waals surface area contributed by atoms with Crippen molar-refractivity contribution in [3.8, 4) is 0 Å². The molecule has 84 valence electrons. The molecule has 1 aromatic rings. The van der Waals surface area contributed by atoms with Crippen molar-refractivity contribution in [3.63, 3.8) is 0 Å². The molecule has 1 nitrogen and oxygen atoms in total. The van der Waals surface area contributed by atoms with E-state index >= 15 is 0 Å². The molecule has 15 heavy (non-hydrogen) atoms. The van der Waals surface area contributed by atoms with Gasteiger partial charge in [0.1, 0.15) is 0 Å². The molecule has 1 N–H and O–H groups in total. The normalized spacial score (nSPS) is 16.1. The van der Waals surface area contributed by atoms with Crippen LogP contribution in [-0.4, -0.2) is 10.7 Å². The van der Waals surface area contributed by atoms with Crippen LogP contribution < -0.4 is 0 Å². The van der Waals surface area contributed by atoms with E-state index in [-0.39, 0.29) is 5.41 Å². The molecule has 1 atom stereocenters. The lowest BCUT2D eigenvalue weighted by Gasteiger charge is -2.37. The highest BCUT2D eigenvalue weighted by Gasteiger charge is 2.35. The Morgan fingerprint density at radius 2 is 1.73 bits per heavy atom. The molecule has 0 aliphatic heterocycles. The van der Waals surface area contributed by atoms with Crippen molar-refractivity contribution in [3.05, 3.63) is 35.4 Å². The van der Waals surface area contributed by atoms with E-state index in [9.17, 15) is 5.11 Å². The summed E-state index contributed by atoms with van der Waals surface area (Å²) in [4.78, 5) is 0. The Morgan fingerprint density at radius 1 is 1.13 bits per heavy atom. The lowest BCUT2D eigenvalue weighted by molar-refractivity contribution is -0.0405. The number of benzene rings is 1. The lowest BCUT2D eigenvalue weighted by Crippen LogP contribution is -2.41. The average molecular weight is 206 g/mol. The minimum Gasteiger partial charge on any atom is -0.389 e. The van der Waals surface area contributed by atoms with Gasteiger partial charge in [0, 0.05) is 6.42 Å². The fourth-order valence-electron chi connectivity index (χ4n) is 1.48. The zero-order valence-corrected chi connectivity index (χ0v) is 10.5. The van der Waals surface area contributed by atoms with E-state index in [0.717, 1.165) is 0 Å². The zero-order chi connectivity index (χ0) is 11.7. The highest BCUT2D eigenvalue weighted by Crippen LogP contribution is 2.32. The van der Waals surface area contributed by atoms with Crippen LogP contribution in [0.5, 0.6) is 0 Å². The van der Waals surface area contributed by atoms with Gasteiger partial charge in [-0.1, -0.05) is 50.6 Å². The van der Waals surface area contributed by atoms with Crippen LogP contribution in [0.15, 0.2) is 24.3 Å². The summed E-state index contributed by atoms with van der Waals surface area (Å²) < 4.78 is 0. The van der Waals surface area contributed by atoms with E-state index in [1.165, 1.54) is 11.1 Å². The first kappa shape index (κ1) is 12.3. The molecule has 0 fully saturated rings. The molecule has 1 aromatic carbocycles. The maximum atomic E-state index is 10.4. The fourth-order valence-corrected chi connectivity index (χ4v) is 1.48. The molecule has 1 rings (SSSR count). The summed E-state index contributed by atoms with van der Waals surface area (Å²) in [6.07, 6.45) is 0.707. The minimum absolute atomic E-state index is 0.100.